The Kier molecular flexibility index (Phi) is 6.16. The molecule has 2 aromatic carbocycles. The highest BCUT2D eigenvalue weighted by Crippen LogP contribution is 2.41. The van der Waals surface area contributed by atoms with Crippen LogP contribution < -0.4 is 14.4 Å². The van der Waals surface area contributed by atoms with Crippen molar-refractivity contribution in [1.82, 2.24) is 10.2 Å². The first-order valence-corrected chi connectivity index (χ1v) is 10.2. The maximum Gasteiger partial charge on any atom is 0.573 e. The van der Waals surface area contributed by atoms with Gasteiger partial charge in [-0.15, -0.1) is 18.3 Å². The van der Waals surface area contributed by atoms with Crippen LogP contribution in [0.4, 0.5) is 19.0 Å². The highest BCUT2D eigenvalue weighted by Gasteiger charge is 2.45. The van der Waals surface area contributed by atoms with E-state index in [-0.39, 0.29) is 17.0 Å². The third kappa shape index (κ3) is 4.79. The topological polar surface area (TPSA) is 102 Å². The molecule has 0 saturated heterocycles. The van der Waals surface area contributed by atoms with Gasteiger partial charge in [0, 0.05) is 5.56 Å². The molecule has 1 aromatic heterocycles. The molecule has 0 radical (unpaired) electrons. The van der Waals surface area contributed by atoms with Crippen LogP contribution in [-0.2, 0) is 4.79 Å². The van der Waals surface area contributed by atoms with E-state index in [1.807, 2.05) is 0 Å². The van der Waals surface area contributed by atoms with E-state index in [1.54, 1.807) is 37.3 Å². The number of anilines is 1. The van der Waals surface area contributed by atoms with Gasteiger partial charge >= 0.3 is 6.36 Å². The van der Waals surface area contributed by atoms with Crippen molar-refractivity contribution in [2.75, 3.05) is 12.0 Å². The van der Waals surface area contributed by atoms with Crippen molar-refractivity contribution in [2.24, 2.45) is 0 Å². The van der Waals surface area contributed by atoms with Gasteiger partial charge < -0.3 is 14.6 Å². The fourth-order valence-electron chi connectivity index (χ4n) is 3.66. The van der Waals surface area contributed by atoms with Crippen LogP contribution in [0.5, 0.6) is 11.5 Å². The summed E-state index contributed by atoms with van der Waals surface area (Å²) >= 11 is 0. The summed E-state index contributed by atoms with van der Waals surface area (Å²) in [6.45, 7) is 1.71. The molecule has 1 N–H and O–H groups in total. The molecule has 3 aromatic rings. The fourth-order valence-corrected chi connectivity index (χ4v) is 3.66. The molecule has 0 aliphatic carbocycles. The number of amides is 1. The standard InChI is InChI=1S/C24H18F3N3O5/c1-13-3-12-18(29-28-13)30-20(14-4-8-16(34-2)9-5-14)19(22(32)23(30)33)21(31)15-6-10-17(11-7-15)35-24(25,26)27/h3-12,20,32H,1-2H3. The largest absolute Gasteiger partial charge is 0.573 e. The number of carbonyl (C=O) groups excluding carboxylic acids is 2. The lowest BCUT2D eigenvalue weighted by molar-refractivity contribution is -0.274. The molecular weight excluding hydrogens is 467 g/mol. The normalized spacial score (nSPS) is 16.0. The van der Waals surface area contributed by atoms with Crippen LogP contribution >= 0.6 is 0 Å². The van der Waals surface area contributed by atoms with Crippen LogP contribution in [0, 0.1) is 6.92 Å². The highest BCUT2D eigenvalue weighted by molar-refractivity contribution is 6.20. The lowest BCUT2D eigenvalue weighted by Crippen LogP contribution is -2.32. The zero-order chi connectivity index (χ0) is 25.3. The van der Waals surface area contributed by atoms with E-state index in [9.17, 15) is 27.9 Å². The second kappa shape index (κ2) is 9.09. The minimum absolute atomic E-state index is 0.0516. The van der Waals surface area contributed by atoms with Crippen molar-refractivity contribution in [3.05, 3.63) is 88.8 Å². The molecule has 1 aliphatic rings. The second-order valence-electron chi connectivity index (χ2n) is 7.55. The zero-order valence-corrected chi connectivity index (χ0v) is 18.4. The number of aromatic nitrogens is 2. The van der Waals surface area contributed by atoms with Gasteiger partial charge in [-0.2, -0.15) is 5.10 Å². The summed E-state index contributed by atoms with van der Waals surface area (Å²) in [5.41, 5.74) is 0.748. The molecule has 0 bridgehead atoms. The maximum atomic E-state index is 13.4. The SMILES string of the molecule is COc1ccc(C2C(C(=O)c3ccc(OC(F)(F)F)cc3)=C(O)C(=O)N2c2ccc(C)nn2)cc1. The molecule has 1 unspecified atom stereocenters. The number of ether oxygens (including phenoxy) is 2. The summed E-state index contributed by atoms with van der Waals surface area (Å²) in [6, 6.07) is 12.7. The number of aryl methyl sites for hydroxylation is 1. The van der Waals surface area contributed by atoms with E-state index < -0.39 is 35.6 Å². The van der Waals surface area contributed by atoms with E-state index >= 15 is 0 Å². The predicted octanol–water partition coefficient (Wildman–Crippen LogP) is 4.48. The van der Waals surface area contributed by atoms with E-state index in [0.29, 0.717) is 17.0 Å². The molecule has 2 heterocycles. The number of nitrogens with zero attached hydrogens (tertiary/aromatic N) is 3. The number of halogens is 3. The molecule has 8 nitrogen and oxygen atoms in total. The average molecular weight is 485 g/mol. The van der Waals surface area contributed by atoms with Crippen molar-refractivity contribution in [3.63, 3.8) is 0 Å². The van der Waals surface area contributed by atoms with E-state index in [4.69, 9.17) is 4.74 Å². The molecular formula is C24H18F3N3O5. The second-order valence-corrected chi connectivity index (χ2v) is 7.55. The first-order valence-electron chi connectivity index (χ1n) is 10.2. The number of benzene rings is 2. The fraction of sp³-hybridized carbons (Fsp3) is 0.167. The van der Waals surface area contributed by atoms with Crippen molar-refractivity contribution in [3.8, 4) is 11.5 Å². The molecule has 1 atom stereocenters. The number of rotatable bonds is 6. The zero-order valence-electron chi connectivity index (χ0n) is 18.4. The van der Waals surface area contributed by atoms with Crippen molar-refractivity contribution in [2.45, 2.75) is 19.3 Å². The Morgan fingerprint density at radius 1 is 0.971 bits per heavy atom. The van der Waals surface area contributed by atoms with Crippen molar-refractivity contribution < 1.29 is 37.3 Å². The lowest BCUT2D eigenvalue weighted by Gasteiger charge is -2.25. The Balaban J connectivity index is 1.77. The van der Waals surface area contributed by atoms with Gasteiger partial charge in [0.15, 0.2) is 17.4 Å². The summed E-state index contributed by atoms with van der Waals surface area (Å²) in [4.78, 5) is 27.6. The van der Waals surface area contributed by atoms with Gasteiger partial charge in [-0.25, -0.2) is 0 Å². The van der Waals surface area contributed by atoms with Crippen LogP contribution in [0.25, 0.3) is 0 Å². The molecule has 0 saturated carbocycles. The molecule has 35 heavy (non-hydrogen) atoms. The van der Waals surface area contributed by atoms with Crippen LogP contribution in [-0.4, -0.2) is 40.5 Å². The highest BCUT2D eigenvalue weighted by atomic mass is 19.4. The van der Waals surface area contributed by atoms with Crippen LogP contribution in [0.15, 0.2) is 72.0 Å². The summed E-state index contributed by atoms with van der Waals surface area (Å²) in [5.74, 6) is -2.31. The lowest BCUT2D eigenvalue weighted by atomic mass is 9.92. The predicted molar refractivity (Wildman–Crippen MR) is 117 cm³/mol. The van der Waals surface area contributed by atoms with Gasteiger partial charge in [0.2, 0.25) is 0 Å². The number of ketones is 1. The number of aliphatic hydroxyl groups is 1. The first kappa shape index (κ1) is 23.7. The number of Topliss-reactive ketones (excluding diaryl/α,β-unsaturated/α-hetero) is 1. The Morgan fingerprint density at radius 3 is 2.14 bits per heavy atom. The van der Waals surface area contributed by atoms with Crippen LogP contribution in [0.2, 0.25) is 0 Å². The maximum absolute atomic E-state index is 13.4. The quantitative estimate of drug-likeness (QED) is 0.514. The number of hydrogen-bond donors (Lipinski definition) is 1. The number of hydrogen-bond acceptors (Lipinski definition) is 7. The molecule has 1 aliphatic heterocycles. The monoisotopic (exact) mass is 485 g/mol. The minimum atomic E-state index is -4.89. The van der Waals surface area contributed by atoms with E-state index in [2.05, 4.69) is 14.9 Å². The molecule has 11 heteroatoms. The van der Waals surface area contributed by atoms with Gasteiger partial charge in [-0.3, -0.25) is 14.5 Å². The Labute approximate surface area is 197 Å². The van der Waals surface area contributed by atoms with Gasteiger partial charge in [0.25, 0.3) is 5.91 Å². The molecule has 0 fully saturated rings. The van der Waals surface area contributed by atoms with E-state index in [0.717, 1.165) is 29.2 Å². The number of alkyl halides is 3. The van der Waals surface area contributed by atoms with E-state index in [1.165, 1.54) is 13.2 Å². The van der Waals surface area contributed by atoms with Crippen molar-refractivity contribution >= 4 is 17.5 Å². The summed E-state index contributed by atoms with van der Waals surface area (Å²) in [6.07, 6.45) is -4.89. The van der Waals surface area contributed by atoms with Gasteiger partial charge in [0.1, 0.15) is 11.5 Å². The summed E-state index contributed by atoms with van der Waals surface area (Å²) < 4.78 is 46.4. The molecule has 1 amide bonds. The smallest absolute Gasteiger partial charge is 0.503 e. The summed E-state index contributed by atoms with van der Waals surface area (Å²) in [5, 5.41) is 18.7. The average Bonchev–Trinajstić information content (AvgIpc) is 3.09. The van der Waals surface area contributed by atoms with Crippen molar-refractivity contribution in [1.29, 1.82) is 0 Å². The van der Waals surface area contributed by atoms with Gasteiger partial charge in [-0.05, 0) is 61.0 Å². The summed E-state index contributed by atoms with van der Waals surface area (Å²) in [7, 11) is 1.48. The Bertz CT molecular complexity index is 1290. The first-order chi connectivity index (χ1) is 16.6. The molecule has 4 rings (SSSR count). The molecule has 180 valence electrons. The van der Waals surface area contributed by atoms with Crippen LogP contribution in [0.3, 0.4) is 0 Å². The Hall–Kier alpha value is -4.41. The number of carbonyl (C=O) groups is 2. The van der Waals surface area contributed by atoms with Crippen LogP contribution in [0.1, 0.15) is 27.7 Å². The number of aliphatic hydroxyl groups excluding tert-OH is 1. The van der Waals surface area contributed by atoms with Gasteiger partial charge in [0.05, 0.1) is 24.4 Å². The minimum Gasteiger partial charge on any atom is -0.503 e. The molecule has 0 spiro atoms. The number of methoxy groups -OCH3 is 1. The third-order valence-electron chi connectivity index (χ3n) is 5.26. The van der Waals surface area contributed by atoms with Gasteiger partial charge in [-0.1, -0.05) is 12.1 Å². The Morgan fingerprint density at radius 2 is 1.60 bits per heavy atom. The third-order valence-corrected chi connectivity index (χ3v) is 5.26.